The third kappa shape index (κ3) is 24.9. The average molecular weight is 564 g/mol. The Morgan fingerprint density at radius 1 is 0.410 bits per heavy atom. The van der Waals surface area contributed by atoms with Crippen LogP contribution in [0.15, 0.2) is 30.3 Å². The summed E-state index contributed by atoms with van der Waals surface area (Å²) in [5.74, 6) is 0. The van der Waals surface area contributed by atoms with Gasteiger partial charge in [-0.05, 0) is 25.7 Å². The zero-order valence-corrected chi connectivity index (χ0v) is 27.8. The van der Waals surface area contributed by atoms with E-state index >= 15 is 0 Å². The van der Waals surface area contributed by atoms with Gasteiger partial charge >= 0.3 is 0 Å². The molecule has 0 aliphatic rings. The molecule has 0 heterocycles. The van der Waals surface area contributed by atoms with E-state index in [9.17, 15) is 0 Å². The Hall–Kier alpha value is -0.530. The van der Waals surface area contributed by atoms with E-state index in [1.807, 2.05) is 0 Å². The van der Waals surface area contributed by atoms with Crippen LogP contribution in [0.25, 0.3) is 0 Å². The van der Waals surface area contributed by atoms with Crippen LogP contribution < -0.4 is 12.4 Å². The van der Waals surface area contributed by atoms with Crippen LogP contribution in [0.5, 0.6) is 0 Å². The van der Waals surface area contributed by atoms with Gasteiger partial charge in [0.25, 0.3) is 0 Å². The number of quaternary nitrogens is 1. The lowest BCUT2D eigenvalue weighted by Gasteiger charge is -2.35. The summed E-state index contributed by atoms with van der Waals surface area (Å²) in [4.78, 5) is 0. The molecule has 0 fully saturated rings. The number of hydrogen-bond acceptors (Lipinski definition) is 0. The van der Waals surface area contributed by atoms with Crippen molar-refractivity contribution < 1.29 is 16.9 Å². The second-order valence-corrected chi connectivity index (χ2v) is 12.8. The summed E-state index contributed by atoms with van der Waals surface area (Å²) in [6.07, 6.45) is 36.1. The molecule has 0 saturated carbocycles. The maximum atomic E-state index is 2.53. The van der Waals surface area contributed by atoms with Crippen molar-refractivity contribution in [3.05, 3.63) is 35.9 Å². The Balaban J connectivity index is 0.0000144. The van der Waals surface area contributed by atoms with Crippen LogP contribution >= 0.6 is 0 Å². The standard InChI is InChI=1S/C37H70N.ClH/c1-4-6-8-10-12-14-16-17-18-20-22-24-26-31-35-38(3,36-37-32-28-27-29-33-37)34-30-25-23-21-19-15-13-11-9-7-5-2;/h27-29,32-33H,4-26,30-31,34-36H2,1-3H3;1H/q+1;/p-1. The first-order chi connectivity index (χ1) is 18.7. The van der Waals surface area contributed by atoms with Crippen molar-refractivity contribution in [2.24, 2.45) is 0 Å². The first-order valence-corrected chi connectivity index (χ1v) is 17.6. The van der Waals surface area contributed by atoms with Crippen molar-refractivity contribution >= 4 is 0 Å². The van der Waals surface area contributed by atoms with E-state index in [2.05, 4.69) is 51.2 Å². The number of hydrogen-bond donors (Lipinski definition) is 0. The highest BCUT2D eigenvalue weighted by molar-refractivity contribution is 5.13. The Bertz CT molecular complexity index is 588. The number of nitrogens with zero attached hydrogens (tertiary/aromatic N) is 1. The van der Waals surface area contributed by atoms with E-state index < -0.39 is 0 Å². The predicted molar refractivity (Wildman–Crippen MR) is 173 cm³/mol. The number of rotatable bonds is 29. The molecule has 1 nitrogen and oxygen atoms in total. The first kappa shape index (κ1) is 38.5. The Morgan fingerprint density at radius 2 is 0.692 bits per heavy atom. The minimum atomic E-state index is 0. The summed E-state index contributed by atoms with van der Waals surface area (Å²) in [6, 6.07) is 11.3. The van der Waals surface area contributed by atoms with Crippen LogP contribution in [0, 0.1) is 0 Å². The van der Waals surface area contributed by atoms with Crippen LogP contribution in [0.4, 0.5) is 0 Å². The molecule has 1 aromatic carbocycles. The van der Waals surface area contributed by atoms with Crippen molar-refractivity contribution in [2.45, 2.75) is 181 Å². The fourth-order valence-corrected chi connectivity index (χ4v) is 6.14. The normalized spacial score (nSPS) is 12.8. The molecule has 1 atom stereocenters. The second kappa shape index (κ2) is 29.0. The quantitative estimate of drug-likeness (QED) is 0.0672. The van der Waals surface area contributed by atoms with Gasteiger partial charge in [0.05, 0.1) is 20.1 Å². The summed E-state index contributed by atoms with van der Waals surface area (Å²) in [6.45, 7) is 8.53. The molecule has 1 unspecified atom stereocenters. The van der Waals surface area contributed by atoms with Crippen molar-refractivity contribution in [1.29, 1.82) is 0 Å². The van der Waals surface area contributed by atoms with Crippen molar-refractivity contribution in [1.82, 2.24) is 0 Å². The fraction of sp³-hybridized carbons (Fsp3) is 0.838. The summed E-state index contributed by atoms with van der Waals surface area (Å²) >= 11 is 0. The summed E-state index contributed by atoms with van der Waals surface area (Å²) in [5.41, 5.74) is 1.52. The maximum absolute atomic E-state index is 2.53. The Morgan fingerprint density at radius 3 is 1.00 bits per heavy atom. The molecule has 1 aromatic rings. The minimum Gasteiger partial charge on any atom is -1.00 e. The maximum Gasteiger partial charge on any atom is 0.104 e. The van der Waals surface area contributed by atoms with Crippen molar-refractivity contribution in [2.75, 3.05) is 20.1 Å². The third-order valence-corrected chi connectivity index (χ3v) is 8.76. The topological polar surface area (TPSA) is 0 Å². The molecule has 0 N–H and O–H groups in total. The molecule has 0 aliphatic heterocycles. The van der Waals surface area contributed by atoms with Crippen LogP contribution in [0.2, 0.25) is 0 Å². The molecular weight excluding hydrogens is 494 g/mol. The molecule has 230 valence electrons. The predicted octanol–water partition coefficient (Wildman–Crippen LogP) is 9.43. The lowest BCUT2D eigenvalue weighted by atomic mass is 10.0. The average Bonchev–Trinajstić information content (AvgIpc) is 2.92. The molecule has 0 aromatic heterocycles. The molecule has 39 heavy (non-hydrogen) atoms. The molecule has 2 heteroatoms. The summed E-state index contributed by atoms with van der Waals surface area (Å²) in [7, 11) is 2.53. The van der Waals surface area contributed by atoms with E-state index in [1.165, 1.54) is 190 Å². The smallest absolute Gasteiger partial charge is 0.104 e. The van der Waals surface area contributed by atoms with Gasteiger partial charge in [-0.1, -0.05) is 179 Å². The monoisotopic (exact) mass is 564 g/mol. The van der Waals surface area contributed by atoms with E-state index in [1.54, 1.807) is 0 Å². The molecule has 0 aliphatic carbocycles. The summed E-state index contributed by atoms with van der Waals surface area (Å²) < 4.78 is 1.24. The lowest BCUT2D eigenvalue weighted by molar-refractivity contribution is -0.923. The van der Waals surface area contributed by atoms with E-state index in [-0.39, 0.29) is 12.4 Å². The number of halogens is 1. The van der Waals surface area contributed by atoms with Crippen LogP contribution in [0.1, 0.15) is 180 Å². The second-order valence-electron chi connectivity index (χ2n) is 12.8. The van der Waals surface area contributed by atoms with Crippen LogP contribution in [-0.2, 0) is 6.54 Å². The molecule has 0 bridgehead atoms. The molecule has 0 spiro atoms. The van der Waals surface area contributed by atoms with Gasteiger partial charge in [0, 0.05) is 5.56 Å². The molecule has 1 rings (SSSR count). The van der Waals surface area contributed by atoms with E-state index in [0.717, 1.165) is 0 Å². The van der Waals surface area contributed by atoms with Gasteiger partial charge in [-0.25, -0.2) is 0 Å². The molecular formula is C37H70ClN. The van der Waals surface area contributed by atoms with Gasteiger partial charge in [-0.15, -0.1) is 0 Å². The van der Waals surface area contributed by atoms with Gasteiger partial charge in [0.2, 0.25) is 0 Å². The van der Waals surface area contributed by atoms with E-state index in [4.69, 9.17) is 0 Å². The Labute approximate surface area is 253 Å². The van der Waals surface area contributed by atoms with Crippen LogP contribution in [0.3, 0.4) is 0 Å². The number of unbranched alkanes of at least 4 members (excludes halogenated alkanes) is 23. The molecule has 0 amide bonds. The minimum absolute atomic E-state index is 0. The highest BCUT2D eigenvalue weighted by Gasteiger charge is 2.21. The third-order valence-electron chi connectivity index (χ3n) is 8.76. The first-order valence-electron chi connectivity index (χ1n) is 17.6. The largest absolute Gasteiger partial charge is 1.00 e. The summed E-state index contributed by atoms with van der Waals surface area (Å²) in [5, 5.41) is 0. The highest BCUT2D eigenvalue weighted by atomic mass is 35.5. The highest BCUT2D eigenvalue weighted by Crippen LogP contribution is 2.19. The van der Waals surface area contributed by atoms with Gasteiger partial charge in [0.15, 0.2) is 0 Å². The van der Waals surface area contributed by atoms with E-state index in [0.29, 0.717) is 0 Å². The Kier molecular flexibility index (Phi) is 28.6. The number of benzene rings is 1. The van der Waals surface area contributed by atoms with Gasteiger partial charge in [-0.3, -0.25) is 0 Å². The zero-order chi connectivity index (χ0) is 27.4. The zero-order valence-electron chi connectivity index (χ0n) is 27.0. The van der Waals surface area contributed by atoms with Crippen LogP contribution in [-0.4, -0.2) is 24.6 Å². The fourth-order valence-electron chi connectivity index (χ4n) is 6.14. The van der Waals surface area contributed by atoms with Gasteiger partial charge in [-0.2, -0.15) is 0 Å². The SMILES string of the molecule is CCCCCCCCCCCCCCCC[N+](C)(CCCCCCCCCCCCC)Cc1ccccc1.[Cl-]. The molecule has 0 radical (unpaired) electrons. The van der Waals surface area contributed by atoms with Crippen molar-refractivity contribution in [3.8, 4) is 0 Å². The molecule has 0 saturated heterocycles. The van der Waals surface area contributed by atoms with Gasteiger partial charge in [0.1, 0.15) is 6.54 Å². The van der Waals surface area contributed by atoms with Gasteiger partial charge < -0.3 is 16.9 Å². The van der Waals surface area contributed by atoms with Crippen molar-refractivity contribution in [3.63, 3.8) is 0 Å². The lowest BCUT2D eigenvalue weighted by Crippen LogP contribution is -3.00.